The molecule has 0 saturated carbocycles. The van der Waals surface area contributed by atoms with Crippen molar-refractivity contribution in [3.8, 4) is 6.07 Å². The zero-order valence-corrected chi connectivity index (χ0v) is 9.84. The number of rotatable bonds is 6. The van der Waals surface area contributed by atoms with Crippen molar-refractivity contribution in [3.05, 3.63) is 0 Å². The minimum atomic E-state index is -0.209. The highest BCUT2D eigenvalue weighted by Gasteiger charge is 2.31. The summed E-state index contributed by atoms with van der Waals surface area (Å²) >= 11 is 0. The summed E-state index contributed by atoms with van der Waals surface area (Å²) in [6.45, 7) is 6.94. The first-order valence-electron chi connectivity index (χ1n) is 5.25. The molecule has 14 heavy (non-hydrogen) atoms. The third kappa shape index (κ3) is 4.08. The van der Waals surface area contributed by atoms with Crippen molar-refractivity contribution < 1.29 is 0 Å². The average Bonchev–Trinajstić information content (AvgIpc) is 2.16. The van der Waals surface area contributed by atoms with Crippen molar-refractivity contribution >= 4 is 0 Å². The van der Waals surface area contributed by atoms with E-state index < -0.39 is 0 Å². The van der Waals surface area contributed by atoms with E-state index in [0.29, 0.717) is 12.5 Å². The summed E-state index contributed by atoms with van der Waals surface area (Å²) < 4.78 is 0. The molecule has 0 spiro atoms. The predicted octanol–water partition coefficient (Wildman–Crippen LogP) is 2.85. The first kappa shape index (κ1) is 15.9. The molecule has 0 aliphatic rings. The summed E-state index contributed by atoms with van der Waals surface area (Å²) in [6.07, 6.45) is 4.26. The Balaban J connectivity index is 0. The molecule has 0 aliphatic carbocycles. The Morgan fingerprint density at radius 2 is 2.00 bits per heavy atom. The lowest BCUT2D eigenvalue weighted by atomic mass is 9.73. The van der Waals surface area contributed by atoms with E-state index in [2.05, 4.69) is 19.9 Å². The summed E-state index contributed by atoms with van der Waals surface area (Å²) in [4.78, 5) is 0. The Morgan fingerprint density at radius 3 is 2.29 bits per heavy atom. The molecule has 3 heteroatoms. The zero-order valence-electron chi connectivity index (χ0n) is 9.84. The maximum Gasteiger partial charge on any atom is 0.0690 e. The highest BCUT2D eigenvalue weighted by molar-refractivity contribution is 4.99. The van der Waals surface area contributed by atoms with E-state index in [9.17, 15) is 0 Å². The molecule has 0 rings (SSSR count). The second kappa shape index (κ2) is 7.78. The van der Waals surface area contributed by atoms with Crippen LogP contribution < -0.4 is 11.9 Å². The minimum absolute atomic E-state index is 0. The molecule has 0 heterocycles. The van der Waals surface area contributed by atoms with Gasteiger partial charge in [-0.2, -0.15) is 5.26 Å². The normalized spacial score (nSPS) is 16.2. The molecular formula is C11H25N3. The van der Waals surface area contributed by atoms with Crippen LogP contribution >= 0.6 is 0 Å². The first-order chi connectivity index (χ1) is 6.14. The number of unbranched alkanes of at least 4 members (excludes halogenated alkanes) is 1. The van der Waals surface area contributed by atoms with Crippen molar-refractivity contribution in [2.24, 2.45) is 17.1 Å². The lowest BCUT2D eigenvalue weighted by Gasteiger charge is -2.29. The van der Waals surface area contributed by atoms with Gasteiger partial charge in [0, 0.05) is 0 Å². The van der Waals surface area contributed by atoms with E-state index >= 15 is 0 Å². The van der Waals surface area contributed by atoms with Gasteiger partial charge >= 0.3 is 0 Å². The van der Waals surface area contributed by atoms with E-state index in [1.807, 2.05) is 6.92 Å². The van der Waals surface area contributed by atoms with Gasteiger partial charge in [0.25, 0.3) is 0 Å². The molecule has 0 aromatic carbocycles. The fourth-order valence-electron chi connectivity index (χ4n) is 1.77. The van der Waals surface area contributed by atoms with Crippen molar-refractivity contribution in [3.63, 3.8) is 0 Å². The SMILES string of the molecule is CCCCC(C)(C#N)C(CC)CN.N. The largest absolute Gasteiger partial charge is 0.344 e. The Morgan fingerprint density at radius 1 is 1.43 bits per heavy atom. The minimum Gasteiger partial charge on any atom is -0.344 e. The van der Waals surface area contributed by atoms with Gasteiger partial charge in [-0.25, -0.2) is 0 Å². The summed E-state index contributed by atoms with van der Waals surface area (Å²) in [5.74, 6) is 0.351. The lowest BCUT2D eigenvalue weighted by Crippen LogP contribution is -2.31. The number of nitrogens with zero attached hydrogens (tertiary/aromatic N) is 1. The van der Waals surface area contributed by atoms with Gasteiger partial charge in [0.2, 0.25) is 0 Å². The van der Waals surface area contributed by atoms with Gasteiger partial charge in [0.15, 0.2) is 0 Å². The van der Waals surface area contributed by atoms with Gasteiger partial charge in [0.05, 0.1) is 11.5 Å². The first-order valence-corrected chi connectivity index (χ1v) is 5.25. The summed E-state index contributed by atoms with van der Waals surface area (Å²) in [5.41, 5.74) is 5.46. The number of hydrogen-bond acceptors (Lipinski definition) is 3. The van der Waals surface area contributed by atoms with Crippen molar-refractivity contribution in [1.82, 2.24) is 6.15 Å². The van der Waals surface area contributed by atoms with Gasteiger partial charge in [-0.1, -0.05) is 33.1 Å². The molecule has 0 amide bonds. The van der Waals surface area contributed by atoms with Gasteiger partial charge in [-0.05, 0) is 25.8 Å². The molecule has 0 radical (unpaired) electrons. The van der Waals surface area contributed by atoms with E-state index in [-0.39, 0.29) is 11.6 Å². The van der Waals surface area contributed by atoms with Gasteiger partial charge in [-0.3, -0.25) is 0 Å². The zero-order chi connectivity index (χ0) is 10.3. The van der Waals surface area contributed by atoms with Crippen LogP contribution in [0.4, 0.5) is 0 Å². The maximum atomic E-state index is 9.14. The van der Waals surface area contributed by atoms with E-state index in [1.54, 1.807) is 0 Å². The lowest BCUT2D eigenvalue weighted by molar-refractivity contribution is 0.239. The topological polar surface area (TPSA) is 84.8 Å². The number of nitriles is 1. The standard InChI is InChI=1S/C11H22N2.H3N/c1-4-6-7-11(3,9-13)10(5-2)8-12;/h10H,4-8,12H2,1-3H3;1H3. The van der Waals surface area contributed by atoms with Gasteiger partial charge < -0.3 is 11.9 Å². The van der Waals surface area contributed by atoms with Crippen LogP contribution in [0, 0.1) is 22.7 Å². The van der Waals surface area contributed by atoms with E-state index in [0.717, 1.165) is 25.7 Å². The quantitative estimate of drug-likeness (QED) is 0.689. The van der Waals surface area contributed by atoms with Crippen molar-refractivity contribution in [2.75, 3.05) is 6.54 Å². The molecule has 2 atom stereocenters. The molecule has 3 nitrogen and oxygen atoms in total. The third-order valence-electron chi connectivity index (χ3n) is 2.98. The average molecular weight is 199 g/mol. The maximum absolute atomic E-state index is 9.14. The van der Waals surface area contributed by atoms with Crippen LogP contribution in [0.3, 0.4) is 0 Å². The predicted molar refractivity (Wildman–Crippen MR) is 61.1 cm³/mol. The number of hydrogen-bond donors (Lipinski definition) is 2. The molecule has 0 saturated heterocycles. The van der Waals surface area contributed by atoms with Crippen molar-refractivity contribution in [1.29, 1.82) is 5.26 Å². The van der Waals surface area contributed by atoms with Gasteiger partial charge in [0.1, 0.15) is 0 Å². The summed E-state index contributed by atoms with van der Waals surface area (Å²) in [7, 11) is 0. The van der Waals surface area contributed by atoms with Gasteiger partial charge in [-0.15, -0.1) is 0 Å². The van der Waals surface area contributed by atoms with Crippen LogP contribution in [0.2, 0.25) is 0 Å². The molecule has 84 valence electrons. The molecule has 0 bridgehead atoms. The number of nitrogens with two attached hydrogens (primary N) is 1. The van der Waals surface area contributed by atoms with E-state index in [1.165, 1.54) is 0 Å². The highest BCUT2D eigenvalue weighted by Crippen LogP contribution is 2.33. The molecule has 0 aromatic rings. The van der Waals surface area contributed by atoms with E-state index in [4.69, 9.17) is 11.0 Å². The molecule has 5 N–H and O–H groups in total. The Kier molecular flexibility index (Phi) is 8.82. The molecule has 0 aliphatic heterocycles. The molecule has 0 aromatic heterocycles. The highest BCUT2D eigenvalue weighted by atomic mass is 14.6. The Bertz CT molecular complexity index is 170. The van der Waals surface area contributed by atoms with Crippen LogP contribution in [0.5, 0.6) is 0 Å². The van der Waals surface area contributed by atoms with Crippen LogP contribution in [0.1, 0.15) is 46.5 Å². The van der Waals surface area contributed by atoms with Crippen molar-refractivity contribution in [2.45, 2.75) is 46.5 Å². The monoisotopic (exact) mass is 199 g/mol. The molecule has 2 unspecified atom stereocenters. The van der Waals surface area contributed by atoms with Crippen LogP contribution in [-0.2, 0) is 0 Å². The van der Waals surface area contributed by atoms with Crippen LogP contribution in [0.25, 0.3) is 0 Å². The second-order valence-electron chi connectivity index (χ2n) is 3.97. The smallest absolute Gasteiger partial charge is 0.0690 e. The fraction of sp³-hybridized carbons (Fsp3) is 0.909. The fourth-order valence-corrected chi connectivity index (χ4v) is 1.77. The van der Waals surface area contributed by atoms with Crippen LogP contribution in [-0.4, -0.2) is 6.54 Å². The summed E-state index contributed by atoms with van der Waals surface area (Å²) in [6, 6.07) is 2.44. The Labute approximate surface area is 88.3 Å². The third-order valence-corrected chi connectivity index (χ3v) is 2.98. The molecule has 0 fully saturated rings. The summed E-state index contributed by atoms with van der Waals surface area (Å²) in [5, 5.41) is 9.14. The molecular weight excluding hydrogens is 174 g/mol. The Hall–Kier alpha value is -0.590. The second-order valence-corrected chi connectivity index (χ2v) is 3.97. The van der Waals surface area contributed by atoms with Crippen LogP contribution in [0.15, 0.2) is 0 Å².